The molecule has 1 saturated heterocycles. The minimum Gasteiger partial charge on any atom is -0.479 e. The lowest BCUT2D eigenvalue weighted by Crippen LogP contribution is -2.70. The van der Waals surface area contributed by atoms with E-state index in [4.69, 9.17) is 9.84 Å². The summed E-state index contributed by atoms with van der Waals surface area (Å²) >= 11 is 0. The molecule has 5 rings (SSSR count). The number of ether oxygens (including phenoxy) is 1. The average molecular weight is 479 g/mol. The van der Waals surface area contributed by atoms with Crippen molar-refractivity contribution in [3.8, 4) is 11.1 Å². The standard InChI is InChI=1S/C27H30N2O6/c1-26(23(30)29-15-27(34,16-29)24(31)32)13-7-6-12-22(26)28-25(33)35-14-21-19-10-4-2-8-17(19)18-9-3-5-11-20(18)21/h2-5,8-11,21-22,34H,6-7,12-16H2,1H3,(H,28,33)(H,31,32). The van der Waals surface area contributed by atoms with E-state index in [2.05, 4.69) is 29.6 Å². The zero-order valence-corrected chi connectivity index (χ0v) is 19.7. The first-order chi connectivity index (χ1) is 16.7. The summed E-state index contributed by atoms with van der Waals surface area (Å²) in [5.74, 6) is -1.63. The number of carbonyl (C=O) groups excluding carboxylic acids is 2. The lowest BCUT2D eigenvalue weighted by Gasteiger charge is -2.49. The number of nitrogens with one attached hydrogen (secondary N) is 1. The minimum absolute atomic E-state index is 0.0534. The van der Waals surface area contributed by atoms with Gasteiger partial charge in [-0.1, -0.05) is 61.4 Å². The van der Waals surface area contributed by atoms with Crippen LogP contribution >= 0.6 is 0 Å². The number of nitrogens with zero attached hydrogens (tertiary/aromatic N) is 1. The number of β-amino-alcohol motifs (C(OH)–C–C–N with tert-alkyl or cyclic N) is 1. The molecule has 0 aromatic heterocycles. The number of carboxylic acids is 1. The third-order valence-electron chi connectivity index (χ3n) is 7.92. The summed E-state index contributed by atoms with van der Waals surface area (Å²) in [6, 6.07) is 15.8. The van der Waals surface area contributed by atoms with E-state index >= 15 is 0 Å². The summed E-state index contributed by atoms with van der Waals surface area (Å²) in [5.41, 5.74) is 1.78. The Hall–Kier alpha value is -3.39. The average Bonchev–Trinajstić information content (AvgIpc) is 3.15. The largest absolute Gasteiger partial charge is 0.479 e. The first-order valence-corrected chi connectivity index (χ1v) is 12.1. The summed E-state index contributed by atoms with van der Waals surface area (Å²) in [5, 5.41) is 22.1. The van der Waals surface area contributed by atoms with E-state index in [1.165, 1.54) is 4.90 Å². The van der Waals surface area contributed by atoms with E-state index in [-0.39, 0.29) is 31.5 Å². The predicted molar refractivity (Wildman–Crippen MR) is 128 cm³/mol. The second-order valence-corrected chi connectivity index (χ2v) is 10.2. The first kappa shape index (κ1) is 23.4. The number of amides is 2. The fourth-order valence-electron chi connectivity index (χ4n) is 5.83. The topological polar surface area (TPSA) is 116 Å². The van der Waals surface area contributed by atoms with E-state index in [0.717, 1.165) is 35.1 Å². The highest BCUT2D eigenvalue weighted by molar-refractivity contribution is 5.89. The molecule has 2 aromatic rings. The number of likely N-dealkylation sites (tertiary alicyclic amines) is 1. The van der Waals surface area contributed by atoms with Gasteiger partial charge in [-0.15, -0.1) is 0 Å². The summed E-state index contributed by atoms with van der Waals surface area (Å²) in [4.78, 5) is 38.7. The van der Waals surface area contributed by atoms with Gasteiger partial charge in [0.25, 0.3) is 0 Å². The number of fused-ring (bicyclic) bond motifs is 3. The molecule has 1 aliphatic heterocycles. The molecule has 2 amide bonds. The van der Waals surface area contributed by atoms with Crippen molar-refractivity contribution in [1.29, 1.82) is 0 Å². The molecule has 0 spiro atoms. The summed E-state index contributed by atoms with van der Waals surface area (Å²) in [7, 11) is 0. The van der Waals surface area contributed by atoms with Crippen molar-refractivity contribution in [2.45, 2.75) is 50.2 Å². The van der Waals surface area contributed by atoms with Crippen LogP contribution in [-0.4, -0.2) is 64.4 Å². The Morgan fingerprint density at radius 3 is 2.23 bits per heavy atom. The van der Waals surface area contributed by atoms with Crippen molar-refractivity contribution in [3.63, 3.8) is 0 Å². The Morgan fingerprint density at radius 2 is 1.63 bits per heavy atom. The Bertz CT molecular complexity index is 1130. The Balaban J connectivity index is 1.25. The molecule has 8 nitrogen and oxygen atoms in total. The molecule has 2 aromatic carbocycles. The maximum absolute atomic E-state index is 13.3. The van der Waals surface area contributed by atoms with Crippen molar-refractivity contribution in [2.75, 3.05) is 19.7 Å². The fourth-order valence-corrected chi connectivity index (χ4v) is 5.83. The number of hydrogen-bond acceptors (Lipinski definition) is 5. The highest BCUT2D eigenvalue weighted by atomic mass is 16.5. The normalized spacial score (nSPS) is 24.6. The van der Waals surface area contributed by atoms with Gasteiger partial charge in [0.15, 0.2) is 5.60 Å². The van der Waals surface area contributed by atoms with Gasteiger partial charge in [0.2, 0.25) is 5.91 Å². The van der Waals surface area contributed by atoms with E-state index in [1.54, 1.807) is 6.92 Å². The Kier molecular flexibility index (Phi) is 5.79. The summed E-state index contributed by atoms with van der Waals surface area (Å²) in [6.45, 7) is 1.51. The molecule has 184 valence electrons. The minimum atomic E-state index is -1.89. The van der Waals surface area contributed by atoms with Crippen LogP contribution in [0.3, 0.4) is 0 Å². The zero-order valence-electron chi connectivity index (χ0n) is 19.7. The van der Waals surface area contributed by atoms with E-state index in [1.807, 2.05) is 24.3 Å². The molecule has 2 aliphatic carbocycles. The first-order valence-electron chi connectivity index (χ1n) is 12.1. The lowest BCUT2D eigenvalue weighted by molar-refractivity contribution is -0.187. The number of hydrogen-bond donors (Lipinski definition) is 3. The van der Waals surface area contributed by atoms with Crippen LogP contribution in [0.25, 0.3) is 11.1 Å². The van der Waals surface area contributed by atoms with Gasteiger partial charge in [-0.3, -0.25) is 4.79 Å². The van der Waals surface area contributed by atoms with Crippen molar-refractivity contribution in [3.05, 3.63) is 59.7 Å². The molecule has 3 N–H and O–H groups in total. The van der Waals surface area contributed by atoms with Crippen molar-refractivity contribution >= 4 is 18.0 Å². The van der Waals surface area contributed by atoms with E-state index in [9.17, 15) is 19.5 Å². The maximum Gasteiger partial charge on any atom is 0.407 e. The van der Waals surface area contributed by atoms with E-state index in [0.29, 0.717) is 12.8 Å². The molecule has 0 radical (unpaired) electrons. The van der Waals surface area contributed by atoms with Crippen LogP contribution in [0.15, 0.2) is 48.5 Å². The smallest absolute Gasteiger partial charge is 0.407 e. The van der Waals surface area contributed by atoms with Crippen LogP contribution in [0.2, 0.25) is 0 Å². The quantitative estimate of drug-likeness (QED) is 0.608. The lowest BCUT2D eigenvalue weighted by atomic mass is 9.70. The fraction of sp³-hybridized carbons (Fsp3) is 0.444. The highest BCUT2D eigenvalue weighted by Crippen LogP contribution is 2.45. The van der Waals surface area contributed by atoms with Crippen LogP contribution in [-0.2, 0) is 14.3 Å². The van der Waals surface area contributed by atoms with Crippen molar-refractivity contribution in [2.24, 2.45) is 5.41 Å². The highest BCUT2D eigenvalue weighted by Gasteiger charge is 2.55. The van der Waals surface area contributed by atoms with Crippen LogP contribution in [0.5, 0.6) is 0 Å². The number of alkyl carbamates (subject to hydrolysis) is 1. The van der Waals surface area contributed by atoms with Gasteiger partial charge in [0.05, 0.1) is 18.5 Å². The monoisotopic (exact) mass is 478 g/mol. The molecule has 3 aliphatic rings. The molecule has 1 heterocycles. The molecule has 35 heavy (non-hydrogen) atoms. The number of rotatable bonds is 5. The maximum atomic E-state index is 13.3. The van der Waals surface area contributed by atoms with Gasteiger partial charge >= 0.3 is 12.1 Å². The zero-order chi connectivity index (χ0) is 24.8. The van der Waals surface area contributed by atoms with Gasteiger partial charge in [-0.25, -0.2) is 9.59 Å². The number of carbonyl (C=O) groups is 3. The van der Waals surface area contributed by atoms with Crippen molar-refractivity contribution < 1.29 is 29.3 Å². The van der Waals surface area contributed by atoms with E-state index < -0.39 is 29.1 Å². The molecule has 2 atom stereocenters. The predicted octanol–water partition coefficient (Wildman–Crippen LogP) is 3.13. The van der Waals surface area contributed by atoms with Crippen LogP contribution in [0, 0.1) is 5.41 Å². The summed E-state index contributed by atoms with van der Waals surface area (Å²) < 4.78 is 5.69. The summed E-state index contributed by atoms with van der Waals surface area (Å²) in [6.07, 6.45) is 2.34. The number of carboxylic acid groups (broad SMARTS) is 1. The molecule has 8 heteroatoms. The molecule has 0 bridgehead atoms. The van der Waals surface area contributed by atoms with Crippen LogP contribution in [0.4, 0.5) is 4.79 Å². The second kappa shape index (κ2) is 8.68. The van der Waals surface area contributed by atoms with Gasteiger partial charge in [-0.2, -0.15) is 0 Å². The Labute approximate surface area is 203 Å². The van der Waals surface area contributed by atoms with Crippen LogP contribution < -0.4 is 5.32 Å². The van der Waals surface area contributed by atoms with Crippen LogP contribution in [0.1, 0.15) is 49.7 Å². The molecule has 2 fully saturated rings. The molecular weight excluding hydrogens is 448 g/mol. The SMILES string of the molecule is CC1(C(=O)N2CC(O)(C(=O)O)C2)CCCCC1NC(=O)OCC1c2ccccc2-c2ccccc21. The van der Waals surface area contributed by atoms with Crippen molar-refractivity contribution in [1.82, 2.24) is 10.2 Å². The third kappa shape index (κ3) is 3.95. The number of aliphatic hydroxyl groups is 1. The number of aliphatic carboxylic acids is 1. The number of benzene rings is 2. The molecular formula is C27H30N2O6. The Morgan fingerprint density at radius 1 is 1.03 bits per heavy atom. The van der Waals surface area contributed by atoms with Gasteiger partial charge in [-0.05, 0) is 42.0 Å². The molecule has 1 saturated carbocycles. The van der Waals surface area contributed by atoms with Gasteiger partial charge < -0.3 is 25.2 Å². The van der Waals surface area contributed by atoms with Gasteiger partial charge in [0, 0.05) is 12.0 Å². The van der Waals surface area contributed by atoms with Gasteiger partial charge in [0.1, 0.15) is 6.61 Å². The second-order valence-electron chi connectivity index (χ2n) is 10.2. The third-order valence-corrected chi connectivity index (χ3v) is 7.92. The molecule has 2 unspecified atom stereocenters.